The SMILES string of the molecule is Cc1c(C2CCNCC2)[nH]c2ncc3ccc(-c4cnn(C)c4)cc3c12. The highest BCUT2D eigenvalue weighted by molar-refractivity contribution is 6.08. The van der Waals surface area contributed by atoms with Crippen LogP contribution in [-0.2, 0) is 7.05 Å². The minimum Gasteiger partial charge on any atom is -0.343 e. The number of nitrogens with one attached hydrogen (secondary N) is 2. The Morgan fingerprint density at radius 3 is 2.73 bits per heavy atom. The molecule has 1 fully saturated rings. The Kier molecular flexibility index (Phi) is 3.57. The van der Waals surface area contributed by atoms with Crippen molar-refractivity contribution in [2.45, 2.75) is 25.7 Å². The molecule has 0 spiro atoms. The molecule has 0 aliphatic carbocycles. The van der Waals surface area contributed by atoms with Crippen molar-refractivity contribution in [1.82, 2.24) is 25.1 Å². The number of fused-ring (bicyclic) bond motifs is 3. The van der Waals surface area contributed by atoms with Crippen molar-refractivity contribution in [3.05, 3.63) is 48.0 Å². The van der Waals surface area contributed by atoms with E-state index in [2.05, 4.69) is 46.7 Å². The Labute approximate surface area is 152 Å². The number of benzene rings is 1. The lowest BCUT2D eigenvalue weighted by atomic mass is 9.91. The van der Waals surface area contributed by atoms with Gasteiger partial charge >= 0.3 is 0 Å². The van der Waals surface area contributed by atoms with Crippen LogP contribution < -0.4 is 5.32 Å². The van der Waals surface area contributed by atoms with Crippen molar-refractivity contribution >= 4 is 21.8 Å². The molecule has 0 unspecified atom stereocenters. The average Bonchev–Trinajstić information content (AvgIpc) is 3.26. The summed E-state index contributed by atoms with van der Waals surface area (Å²) in [6, 6.07) is 6.60. The molecule has 132 valence electrons. The van der Waals surface area contributed by atoms with Crippen LogP contribution in [0.15, 0.2) is 36.8 Å². The number of aryl methyl sites for hydroxylation is 2. The highest BCUT2D eigenvalue weighted by Gasteiger charge is 2.21. The molecule has 0 amide bonds. The second kappa shape index (κ2) is 5.95. The number of aromatic nitrogens is 4. The monoisotopic (exact) mass is 345 g/mol. The molecule has 1 aliphatic rings. The number of hydrogen-bond acceptors (Lipinski definition) is 3. The molecule has 2 N–H and O–H groups in total. The van der Waals surface area contributed by atoms with E-state index in [4.69, 9.17) is 4.98 Å². The molecule has 4 aromatic rings. The Morgan fingerprint density at radius 2 is 1.96 bits per heavy atom. The first-order valence-electron chi connectivity index (χ1n) is 9.31. The molecule has 1 aliphatic heterocycles. The summed E-state index contributed by atoms with van der Waals surface area (Å²) in [6.07, 6.45) is 8.33. The van der Waals surface area contributed by atoms with Crippen molar-refractivity contribution in [3.8, 4) is 11.1 Å². The fraction of sp³-hybridized carbons (Fsp3) is 0.333. The lowest BCUT2D eigenvalue weighted by molar-refractivity contribution is 0.453. The van der Waals surface area contributed by atoms with Crippen molar-refractivity contribution in [2.24, 2.45) is 7.05 Å². The second-order valence-corrected chi connectivity index (χ2v) is 7.37. The number of aromatic amines is 1. The smallest absolute Gasteiger partial charge is 0.138 e. The Bertz CT molecular complexity index is 1100. The van der Waals surface area contributed by atoms with Gasteiger partial charge in [-0.05, 0) is 55.4 Å². The zero-order valence-electron chi connectivity index (χ0n) is 15.2. The van der Waals surface area contributed by atoms with Gasteiger partial charge in [0.25, 0.3) is 0 Å². The predicted molar refractivity (Wildman–Crippen MR) is 105 cm³/mol. The van der Waals surface area contributed by atoms with Crippen LogP contribution in [0.4, 0.5) is 0 Å². The van der Waals surface area contributed by atoms with Crippen LogP contribution in [0.25, 0.3) is 32.9 Å². The van der Waals surface area contributed by atoms with Crippen LogP contribution in [0.3, 0.4) is 0 Å². The summed E-state index contributed by atoms with van der Waals surface area (Å²) in [4.78, 5) is 8.34. The van der Waals surface area contributed by atoms with Crippen molar-refractivity contribution in [2.75, 3.05) is 13.1 Å². The number of nitrogens with zero attached hydrogens (tertiary/aromatic N) is 3. The van der Waals surface area contributed by atoms with Crippen LogP contribution in [0.5, 0.6) is 0 Å². The van der Waals surface area contributed by atoms with E-state index in [9.17, 15) is 0 Å². The maximum absolute atomic E-state index is 4.70. The highest BCUT2D eigenvalue weighted by atomic mass is 15.2. The summed E-state index contributed by atoms with van der Waals surface area (Å²) in [5, 5.41) is 11.5. The summed E-state index contributed by atoms with van der Waals surface area (Å²) < 4.78 is 1.85. The van der Waals surface area contributed by atoms with Crippen molar-refractivity contribution in [1.29, 1.82) is 0 Å². The van der Waals surface area contributed by atoms with E-state index in [0.717, 1.165) is 24.3 Å². The van der Waals surface area contributed by atoms with Crippen molar-refractivity contribution < 1.29 is 0 Å². The number of hydrogen-bond donors (Lipinski definition) is 2. The molecule has 0 atom stereocenters. The standard InChI is InChI=1S/C21H23N5/c1-13-19-18-9-15(17-11-24-26(2)12-17)3-4-16(18)10-23-21(19)25-20(13)14-5-7-22-8-6-14/h3-4,9-12,14,22H,5-8H2,1-2H3,(H,23,25). The molecular formula is C21H23N5. The summed E-state index contributed by atoms with van der Waals surface area (Å²) in [7, 11) is 1.95. The molecule has 1 saturated heterocycles. The van der Waals surface area contributed by atoms with Crippen molar-refractivity contribution in [3.63, 3.8) is 0 Å². The molecular weight excluding hydrogens is 322 g/mol. The second-order valence-electron chi connectivity index (χ2n) is 7.37. The van der Waals surface area contributed by atoms with Crippen LogP contribution in [0.1, 0.15) is 30.0 Å². The molecule has 26 heavy (non-hydrogen) atoms. The van der Waals surface area contributed by atoms with E-state index in [1.807, 2.05) is 24.1 Å². The first kappa shape index (κ1) is 15.6. The molecule has 5 nitrogen and oxygen atoms in total. The molecule has 5 heteroatoms. The number of H-pyrrole nitrogens is 1. The Morgan fingerprint density at radius 1 is 1.12 bits per heavy atom. The van der Waals surface area contributed by atoms with Gasteiger partial charge in [-0.15, -0.1) is 0 Å². The van der Waals surface area contributed by atoms with Gasteiger partial charge in [0.2, 0.25) is 0 Å². The molecule has 0 bridgehead atoms. The fourth-order valence-electron chi connectivity index (χ4n) is 4.31. The van der Waals surface area contributed by atoms with E-state index in [1.165, 1.54) is 45.8 Å². The summed E-state index contributed by atoms with van der Waals surface area (Å²) in [5.41, 5.74) is 6.07. The van der Waals surface area contributed by atoms with Gasteiger partial charge in [0.05, 0.1) is 6.20 Å². The fourth-order valence-corrected chi connectivity index (χ4v) is 4.31. The largest absolute Gasteiger partial charge is 0.343 e. The molecule has 1 aromatic carbocycles. The van der Waals surface area contributed by atoms with Crippen LogP contribution in [0, 0.1) is 6.92 Å². The molecule has 4 heterocycles. The quantitative estimate of drug-likeness (QED) is 0.579. The van der Waals surface area contributed by atoms with Gasteiger partial charge in [-0.25, -0.2) is 4.98 Å². The highest BCUT2D eigenvalue weighted by Crippen LogP contribution is 2.36. The van der Waals surface area contributed by atoms with Crippen LogP contribution in [0.2, 0.25) is 0 Å². The van der Waals surface area contributed by atoms with E-state index in [-0.39, 0.29) is 0 Å². The maximum Gasteiger partial charge on any atom is 0.138 e. The lowest BCUT2D eigenvalue weighted by Gasteiger charge is -2.22. The topological polar surface area (TPSA) is 58.5 Å². The van der Waals surface area contributed by atoms with Gasteiger partial charge in [-0.3, -0.25) is 4.68 Å². The van der Waals surface area contributed by atoms with E-state index >= 15 is 0 Å². The Hall–Kier alpha value is -2.66. The van der Waals surface area contributed by atoms with Gasteiger partial charge in [0.15, 0.2) is 0 Å². The summed E-state index contributed by atoms with van der Waals surface area (Å²) in [6.45, 7) is 4.44. The molecule has 0 saturated carbocycles. The third-order valence-electron chi connectivity index (χ3n) is 5.71. The number of pyridine rings is 1. The van der Waals surface area contributed by atoms with E-state index in [1.54, 1.807) is 0 Å². The number of rotatable bonds is 2. The molecule has 0 radical (unpaired) electrons. The lowest BCUT2D eigenvalue weighted by Crippen LogP contribution is -2.27. The van der Waals surface area contributed by atoms with Crippen LogP contribution >= 0.6 is 0 Å². The molecule has 5 rings (SSSR count). The minimum atomic E-state index is 0.599. The van der Waals surface area contributed by atoms with Gasteiger partial charge in [0.1, 0.15) is 5.65 Å². The summed E-state index contributed by atoms with van der Waals surface area (Å²) >= 11 is 0. The molecule has 3 aromatic heterocycles. The maximum atomic E-state index is 4.70. The minimum absolute atomic E-state index is 0.599. The van der Waals surface area contributed by atoms with E-state index < -0.39 is 0 Å². The van der Waals surface area contributed by atoms with Gasteiger partial charge in [0, 0.05) is 47.4 Å². The Balaban J connectivity index is 1.71. The van der Waals surface area contributed by atoms with Gasteiger partial charge in [-0.1, -0.05) is 12.1 Å². The average molecular weight is 345 g/mol. The first-order chi connectivity index (χ1) is 12.7. The zero-order chi connectivity index (χ0) is 17.7. The predicted octanol–water partition coefficient (Wildman–Crippen LogP) is 3.89. The summed E-state index contributed by atoms with van der Waals surface area (Å²) in [5.74, 6) is 0.599. The van der Waals surface area contributed by atoms with Crippen LogP contribution in [-0.4, -0.2) is 32.8 Å². The third-order valence-corrected chi connectivity index (χ3v) is 5.71. The number of piperidine rings is 1. The third kappa shape index (κ3) is 2.42. The normalized spacial score (nSPS) is 15.9. The van der Waals surface area contributed by atoms with E-state index in [0.29, 0.717) is 5.92 Å². The van der Waals surface area contributed by atoms with Gasteiger partial charge in [-0.2, -0.15) is 5.10 Å². The van der Waals surface area contributed by atoms with Gasteiger partial charge < -0.3 is 10.3 Å². The zero-order valence-corrected chi connectivity index (χ0v) is 15.2. The first-order valence-corrected chi connectivity index (χ1v) is 9.31.